The molecule has 0 aromatic heterocycles. The molecule has 17 heavy (non-hydrogen) atoms. The Morgan fingerprint density at radius 1 is 1.35 bits per heavy atom. The first kappa shape index (κ1) is 11.5. The summed E-state index contributed by atoms with van der Waals surface area (Å²) in [6.45, 7) is 0. The molecule has 1 heterocycles. The molecule has 2 rings (SSSR count). The van der Waals surface area contributed by atoms with E-state index in [9.17, 15) is 4.79 Å². The number of carbonyl (C=O) groups excluding carboxylic acids is 1. The SMILES string of the molecule is COC(=O)/C=C/[C@@H]1C=CO[C@@H]1c1ccccc1. The minimum absolute atomic E-state index is 0.0582. The van der Waals surface area contributed by atoms with Crippen LogP contribution < -0.4 is 0 Å². The fraction of sp³-hybridized carbons (Fsp3) is 0.214. The minimum atomic E-state index is -0.350. The van der Waals surface area contributed by atoms with Crippen LogP contribution >= 0.6 is 0 Å². The van der Waals surface area contributed by atoms with E-state index in [4.69, 9.17) is 4.74 Å². The van der Waals surface area contributed by atoms with Crippen LogP contribution in [-0.4, -0.2) is 13.1 Å². The quantitative estimate of drug-likeness (QED) is 0.591. The Morgan fingerprint density at radius 3 is 2.82 bits per heavy atom. The molecule has 0 N–H and O–H groups in total. The fourth-order valence-corrected chi connectivity index (χ4v) is 1.78. The molecule has 0 fully saturated rings. The van der Waals surface area contributed by atoms with Crippen molar-refractivity contribution in [2.45, 2.75) is 6.10 Å². The number of carbonyl (C=O) groups is 1. The van der Waals surface area contributed by atoms with E-state index in [-0.39, 0.29) is 18.0 Å². The number of methoxy groups -OCH3 is 1. The molecule has 0 unspecified atom stereocenters. The van der Waals surface area contributed by atoms with E-state index in [0.29, 0.717) is 0 Å². The first-order valence-corrected chi connectivity index (χ1v) is 5.44. The summed E-state index contributed by atoms with van der Waals surface area (Å²) >= 11 is 0. The fourth-order valence-electron chi connectivity index (χ4n) is 1.78. The molecule has 0 radical (unpaired) electrons. The molecular formula is C14H14O3. The maximum absolute atomic E-state index is 11.0. The van der Waals surface area contributed by atoms with Crippen LogP contribution in [-0.2, 0) is 14.3 Å². The van der Waals surface area contributed by atoms with Crippen molar-refractivity contribution in [3.63, 3.8) is 0 Å². The van der Waals surface area contributed by atoms with Gasteiger partial charge in [0.25, 0.3) is 0 Å². The van der Waals surface area contributed by atoms with Gasteiger partial charge in [0.05, 0.1) is 13.4 Å². The molecule has 0 saturated carbocycles. The molecule has 0 spiro atoms. The van der Waals surface area contributed by atoms with Crippen LogP contribution in [0.15, 0.2) is 54.8 Å². The molecule has 3 heteroatoms. The van der Waals surface area contributed by atoms with E-state index in [1.807, 2.05) is 36.4 Å². The van der Waals surface area contributed by atoms with Crippen LogP contribution in [0, 0.1) is 5.92 Å². The van der Waals surface area contributed by atoms with Crippen molar-refractivity contribution in [1.29, 1.82) is 0 Å². The molecular weight excluding hydrogens is 216 g/mol. The standard InChI is InChI=1S/C14H14O3/c1-16-13(15)8-7-12-9-10-17-14(12)11-5-3-2-4-6-11/h2-10,12,14H,1H3/b8-7+/t12-,14-/m1/s1. The van der Waals surface area contributed by atoms with Crippen LogP contribution in [0.1, 0.15) is 11.7 Å². The molecule has 0 aliphatic carbocycles. The Bertz CT molecular complexity index is 434. The van der Waals surface area contributed by atoms with Crippen LogP contribution in [0.25, 0.3) is 0 Å². The smallest absolute Gasteiger partial charge is 0.330 e. The normalized spacial score (nSPS) is 22.6. The first-order chi connectivity index (χ1) is 8.31. The zero-order chi connectivity index (χ0) is 12.1. The highest BCUT2D eigenvalue weighted by atomic mass is 16.5. The van der Waals surface area contributed by atoms with Crippen molar-refractivity contribution in [2.24, 2.45) is 5.92 Å². The third-order valence-electron chi connectivity index (χ3n) is 2.66. The first-order valence-electron chi connectivity index (χ1n) is 5.44. The summed E-state index contributed by atoms with van der Waals surface area (Å²) in [4.78, 5) is 11.0. The van der Waals surface area contributed by atoms with Crippen LogP contribution in [0.4, 0.5) is 0 Å². The Labute approximate surface area is 100 Å². The van der Waals surface area contributed by atoms with E-state index in [0.717, 1.165) is 5.56 Å². The summed E-state index contributed by atoms with van der Waals surface area (Å²) in [7, 11) is 1.36. The van der Waals surface area contributed by atoms with E-state index in [1.165, 1.54) is 13.2 Å². The van der Waals surface area contributed by atoms with Crippen molar-refractivity contribution in [3.8, 4) is 0 Å². The van der Waals surface area contributed by atoms with Crippen molar-refractivity contribution in [3.05, 3.63) is 60.4 Å². The number of hydrogen-bond acceptors (Lipinski definition) is 3. The summed E-state index contributed by atoms with van der Waals surface area (Å²) in [5.41, 5.74) is 1.09. The molecule has 2 atom stereocenters. The third kappa shape index (κ3) is 2.75. The molecule has 88 valence electrons. The lowest BCUT2D eigenvalue weighted by atomic mass is 9.96. The maximum Gasteiger partial charge on any atom is 0.330 e. The van der Waals surface area contributed by atoms with E-state index < -0.39 is 0 Å². The van der Waals surface area contributed by atoms with Gasteiger partial charge in [0, 0.05) is 12.0 Å². The molecule has 1 aliphatic rings. The molecule has 3 nitrogen and oxygen atoms in total. The van der Waals surface area contributed by atoms with Gasteiger partial charge in [0.15, 0.2) is 0 Å². The van der Waals surface area contributed by atoms with Gasteiger partial charge in [-0.15, -0.1) is 0 Å². The Morgan fingerprint density at radius 2 is 2.12 bits per heavy atom. The van der Waals surface area contributed by atoms with Crippen molar-refractivity contribution < 1.29 is 14.3 Å². The van der Waals surface area contributed by atoms with E-state index in [2.05, 4.69) is 4.74 Å². The van der Waals surface area contributed by atoms with Gasteiger partial charge >= 0.3 is 5.97 Å². The second kappa shape index (κ2) is 5.34. The summed E-state index contributed by atoms with van der Waals surface area (Å²) in [6, 6.07) is 9.93. The number of hydrogen-bond donors (Lipinski definition) is 0. The van der Waals surface area contributed by atoms with E-state index >= 15 is 0 Å². The minimum Gasteiger partial charge on any atom is -0.493 e. The molecule has 0 saturated heterocycles. The Hall–Kier alpha value is -2.03. The van der Waals surface area contributed by atoms with Gasteiger partial charge in [-0.05, 0) is 11.6 Å². The Balaban J connectivity index is 2.10. The Kier molecular flexibility index (Phi) is 3.60. The average Bonchev–Trinajstić information content (AvgIpc) is 2.85. The molecule has 1 aromatic carbocycles. The zero-order valence-electron chi connectivity index (χ0n) is 9.58. The number of ether oxygens (including phenoxy) is 2. The lowest BCUT2D eigenvalue weighted by molar-refractivity contribution is -0.134. The topological polar surface area (TPSA) is 35.5 Å². The van der Waals surface area contributed by atoms with Gasteiger partial charge in [-0.25, -0.2) is 4.79 Å². The molecule has 0 amide bonds. The van der Waals surface area contributed by atoms with Crippen molar-refractivity contribution in [2.75, 3.05) is 7.11 Å². The van der Waals surface area contributed by atoms with Gasteiger partial charge in [-0.1, -0.05) is 36.4 Å². The molecule has 1 aromatic rings. The van der Waals surface area contributed by atoms with Gasteiger partial charge < -0.3 is 9.47 Å². The largest absolute Gasteiger partial charge is 0.493 e. The van der Waals surface area contributed by atoms with Crippen molar-refractivity contribution in [1.82, 2.24) is 0 Å². The summed E-state index contributed by atoms with van der Waals surface area (Å²) in [6.07, 6.45) is 6.77. The molecule has 1 aliphatic heterocycles. The molecule has 0 bridgehead atoms. The van der Waals surface area contributed by atoms with Crippen LogP contribution in [0.5, 0.6) is 0 Å². The number of rotatable bonds is 3. The maximum atomic E-state index is 11.0. The highest BCUT2D eigenvalue weighted by Gasteiger charge is 2.23. The second-order valence-corrected chi connectivity index (χ2v) is 3.76. The van der Waals surface area contributed by atoms with E-state index in [1.54, 1.807) is 12.3 Å². The summed E-state index contributed by atoms with van der Waals surface area (Å²) < 4.78 is 10.1. The van der Waals surface area contributed by atoms with Gasteiger partial charge in [0.2, 0.25) is 0 Å². The average molecular weight is 230 g/mol. The predicted octanol–water partition coefficient (Wildman–Crippen LogP) is 2.62. The zero-order valence-corrected chi connectivity index (χ0v) is 9.58. The number of esters is 1. The monoisotopic (exact) mass is 230 g/mol. The second-order valence-electron chi connectivity index (χ2n) is 3.76. The van der Waals surface area contributed by atoms with Gasteiger partial charge in [-0.2, -0.15) is 0 Å². The van der Waals surface area contributed by atoms with Crippen molar-refractivity contribution >= 4 is 5.97 Å². The summed E-state index contributed by atoms with van der Waals surface area (Å²) in [5.74, 6) is -0.284. The highest BCUT2D eigenvalue weighted by Crippen LogP contribution is 2.33. The predicted molar refractivity (Wildman–Crippen MR) is 64.1 cm³/mol. The highest BCUT2D eigenvalue weighted by molar-refractivity contribution is 5.81. The van der Waals surface area contributed by atoms with Crippen LogP contribution in [0.2, 0.25) is 0 Å². The van der Waals surface area contributed by atoms with Gasteiger partial charge in [-0.3, -0.25) is 0 Å². The summed E-state index contributed by atoms with van der Waals surface area (Å²) in [5, 5.41) is 0. The lowest BCUT2D eigenvalue weighted by Gasteiger charge is -2.16. The lowest BCUT2D eigenvalue weighted by Crippen LogP contribution is -2.06. The number of benzene rings is 1. The van der Waals surface area contributed by atoms with Crippen LogP contribution in [0.3, 0.4) is 0 Å². The third-order valence-corrected chi connectivity index (χ3v) is 2.66. The van der Waals surface area contributed by atoms with Gasteiger partial charge in [0.1, 0.15) is 6.10 Å².